The van der Waals surface area contributed by atoms with Gasteiger partial charge in [-0.2, -0.15) is 19.6 Å². The van der Waals surface area contributed by atoms with E-state index in [1.807, 2.05) is 0 Å². The van der Waals surface area contributed by atoms with Gasteiger partial charge in [0.25, 0.3) is 0 Å². The summed E-state index contributed by atoms with van der Waals surface area (Å²) < 4.78 is 10.3. The van der Waals surface area contributed by atoms with Crippen LogP contribution in [-0.4, -0.2) is 31.6 Å². The maximum Gasteiger partial charge on any atom is 0.234 e. The van der Waals surface area contributed by atoms with Gasteiger partial charge in [0, 0.05) is 27.1 Å². The fourth-order valence-corrected chi connectivity index (χ4v) is 1.69. The van der Waals surface area contributed by atoms with Crippen LogP contribution in [0.15, 0.2) is 0 Å². The molecule has 120 valence electrons. The Bertz CT molecular complexity index is 261. The number of rotatable bonds is 8. The van der Waals surface area contributed by atoms with Gasteiger partial charge < -0.3 is 9.47 Å². The third kappa shape index (κ3) is 5.63. The Morgan fingerprint density at radius 2 is 1.10 bits per heavy atom. The third-order valence-electron chi connectivity index (χ3n) is 3.39. The number of ether oxygens (including phenoxy) is 2. The van der Waals surface area contributed by atoms with E-state index >= 15 is 0 Å². The molecule has 0 aromatic carbocycles. The molecule has 6 nitrogen and oxygen atoms in total. The lowest BCUT2D eigenvalue weighted by atomic mass is 9.94. The van der Waals surface area contributed by atoms with E-state index in [0.717, 1.165) is 19.3 Å². The van der Waals surface area contributed by atoms with Crippen LogP contribution in [0.2, 0.25) is 0 Å². The summed E-state index contributed by atoms with van der Waals surface area (Å²) in [5.41, 5.74) is 0. The van der Waals surface area contributed by atoms with Crippen LogP contribution in [0.25, 0.3) is 0 Å². The van der Waals surface area contributed by atoms with Crippen molar-refractivity contribution in [3.05, 3.63) is 0 Å². The summed E-state index contributed by atoms with van der Waals surface area (Å²) in [7, 11) is 3.12. The highest BCUT2D eigenvalue weighted by Gasteiger charge is 2.41. The lowest BCUT2D eigenvalue weighted by molar-refractivity contribution is -0.574. The lowest BCUT2D eigenvalue weighted by Crippen LogP contribution is -2.44. The maximum atomic E-state index is 5.54. The molecule has 1 rings (SSSR count). The van der Waals surface area contributed by atoms with E-state index in [1.54, 1.807) is 41.9 Å². The van der Waals surface area contributed by atoms with Gasteiger partial charge in [0.2, 0.25) is 5.79 Å². The molecular weight excluding hydrogens is 264 g/mol. The van der Waals surface area contributed by atoms with E-state index in [-0.39, 0.29) is 0 Å². The third-order valence-corrected chi connectivity index (χ3v) is 3.39. The van der Waals surface area contributed by atoms with E-state index in [4.69, 9.17) is 29.0 Å². The fourth-order valence-electron chi connectivity index (χ4n) is 1.69. The molecule has 6 heteroatoms. The van der Waals surface area contributed by atoms with Crippen molar-refractivity contribution in [2.24, 2.45) is 0 Å². The van der Waals surface area contributed by atoms with E-state index in [2.05, 4.69) is 0 Å². The van der Waals surface area contributed by atoms with Crippen LogP contribution >= 0.6 is 0 Å². The largest absolute Gasteiger partial charge is 0.351 e. The summed E-state index contributed by atoms with van der Waals surface area (Å²) in [4.78, 5) is 21.8. The molecule has 0 aromatic heterocycles. The topological polar surface area (TPSA) is 55.4 Å². The molecule has 0 aromatic rings. The number of hydrogen-bond acceptors (Lipinski definition) is 6. The summed E-state index contributed by atoms with van der Waals surface area (Å²) in [5, 5.41) is 0. The first-order valence-electron chi connectivity index (χ1n) is 7.08. The van der Waals surface area contributed by atoms with Gasteiger partial charge in [0.05, 0.1) is 0 Å². The molecule has 1 saturated carbocycles. The molecule has 0 N–H and O–H groups in total. The quantitative estimate of drug-likeness (QED) is 0.388. The van der Waals surface area contributed by atoms with Crippen LogP contribution in [0.3, 0.4) is 0 Å². The summed E-state index contributed by atoms with van der Waals surface area (Å²) in [6.45, 7) is 7.07. The first-order valence-corrected chi connectivity index (χ1v) is 7.08. The highest BCUT2D eigenvalue weighted by Crippen LogP contribution is 2.35. The highest BCUT2D eigenvalue weighted by atomic mass is 17.3. The van der Waals surface area contributed by atoms with Crippen molar-refractivity contribution in [1.82, 2.24) is 0 Å². The molecule has 0 saturated heterocycles. The van der Waals surface area contributed by atoms with Crippen LogP contribution in [0, 0.1) is 0 Å². The van der Waals surface area contributed by atoms with Gasteiger partial charge in [-0.15, -0.1) is 0 Å². The summed E-state index contributed by atoms with van der Waals surface area (Å²) in [6, 6.07) is 0. The second-order valence-electron chi connectivity index (χ2n) is 6.01. The monoisotopic (exact) mass is 292 g/mol. The Hall–Kier alpha value is -0.240. The molecule has 0 bridgehead atoms. The van der Waals surface area contributed by atoms with Crippen LogP contribution in [0.4, 0.5) is 0 Å². The predicted octanol–water partition coefficient (Wildman–Crippen LogP) is 3.31. The SMILES string of the molecule is COC(C)(C)OOC1(OOC(C)(C)OC)CCCCC1. The van der Waals surface area contributed by atoms with E-state index < -0.39 is 17.4 Å². The van der Waals surface area contributed by atoms with Crippen molar-refractivity contribution in [3.8, 4) is 0 Å². The maximum absolute atomic E-state index is 5.54. The van der Waals surface area contributed by atoms with Crippen molar-refractivity contribution < 1.29 is 29.0 Å². The number of hydrogen-bond donors (Lipinski definition) is 0. The summed E-state index contributed by atoms with van der Waals surface area (Å²) >= 11 is 0. The van der Waals surface area contributed by atoms with Gasteiger partial charge in [0.15, 0.2) is 11.6 Å². The highest BCUT2D eigenvalue weighted by molar-refractivity contribution is 4.73. The van der Waals surface area contributed by atoms with Crippen molar-refractivity contribution >= 4 is 0 Å². The number of methoxy groups -OCH3 is 2. The van der Waals surface area contributed by atoms with E-state index in [9.17, 15) is 0 Å². The summed E-state index contributed by atoms with van der Waals surface area (Å²) in [5.74, 6) is -2.60. The zero-order valence-corrected chi connectivity index (χ0v) is 13.5. The Morgan fingerprint density at radius 3 is 1.45 bits per heavy atom. The van der Waals surface area contributed by atoms with Crippen molar-refractivity contribution in [1.29, 1.82) is 0 Å². The first kappa shape index (κ1) is 17.8. The zero-order valence-electron chi connectivity index (χ0n) is 13.5. The van der Waals surface area contributed by atoms with Crippen molar-refractivity contribution in [2.45, 2.75) is 77.2 Å². The zero-order chi connectivity index (χ0) is 15.3. The van der Waals surface area contributed by atoms with Crippen LogP contribution in [0.1, 0.15) is 59.8 Å². The molecule has 0 aliphatic heterocycles. The molecule has 0 amide bonds. The van der Waals surface area contributed by atoms with Gasteiger partial charge in [-0.05, 0) is 40.5 Å². The molecule has 0 atom stereocenters. The molecule has 1 aliphatic rings. The minimum Gasteiger partial charge on any atom is -0.351 e. The summed E-state index contributed by atoms with van der Waals surface area (Å²) in [6.07, 6.45) is 4.54. The Kier molecular flexibility index (Phi) is 6.37. The first-order chi connectivity index (χ1) is 9.24. The minimum absolute atomic E-state index is 0.701. The van der Waals surface area contributed by atoms with Crippen LogP contribution in [-0.2, 0) is 29.0 Å². The second-order valence-corrected chi connectivity index (χ2v) is 6.01. The van der Waals surface area contributed by atoms with Crippen LogP contribution < -0.4 is 0 Å². The molecule has 0 radical (unpaired) electrons. The van der Waals surface area contributed by atoms with Gasteiger partial charge in [-0.25, -0.2) is 0 Å². The minimum atomic E-state index is -0.913. The Labute approximate surface area is 121 Å². The van der Waals surface area contributed by atoms with E-state index in [0.29, 0.717) is 12.8 Å². The normalized spacial score (nSPS) is 20.1. The van der Waals surface area contributed by atoms with E-state index in [1.165, 1.54) is 0 Å². The Balaban J connectivity index is 2.62. The van der Waals surface area contributed by atoms with Gasteiger partial charge >= 0.3 is 0 Å². The average molecular weight is 292 g/mol. The predicted molar refractivity (Wildman–Crippen MR) is 72.3 cm³/mol. The standard InChI is InChI=1S/C14H28O6/c1-12(2,15-5)17-19-14(10-8-7-9-11-14)20-18-13(3,4)16-6/h7-11H2,1-6H3. The molecule has 0 unspecified atom stereocenters. The Morgan fingerprint density at radius 1 is 0.700 bits per heavy atom. The van der Waals surface area contributed by atoms with Crippen molar-refractivity contribution in [2.75, 3.05) is 14.2 Å². The molecule has 0 spiro atoms. The molecule has 0 heterocycles. The van der Waals surface area contributed by atoms with Gasteiger partial charge in [-0.1, -0.05) is 6.42 Å². The second kappa shape index (κ2) is 7.15. The molecule has 20 heavy (non-hydrogen) atoms. The molecule has 1 aliphatic carbocycles. The van der Waals surface area contributed by atoms with Crippen molar-refractivity contribution in [3.63, 3.8) is 0 Å². The van der Waals surface area contributed by atoms with Gasteiger partial charge in [-0.3, -0.25) is 0 Å². The van der Waals surface area contributed by atoms with Gasteiger partial charge in [0.1, 0.15) is 0 Å². The lowest BCUT2D eigenvalue weighted by Gasteiger charge is -2.37. The van der Waals surface area contributed by atoms with Crippen LogP contribution in [0.5, 0.6) is 0 Å². The molecular formula is C14H28O6. The molecule has 1 fully saturated rings. The average Bonchev–Trinajstić information content (AvgIpc) is 2.45. The fraction of sp³-hybridized carbons (Fsp3) is 1.00. The smallest absolute Gasteiger partial charge is 0.234 e.